The van der Waals surface area contributed by atoms with Gasteiger partial charge in [0.2, 0.25) is 0 Å². The average Bonchev–Trinajstić information content (AvgIpc) is 2.81. The largest absolute Gasteiger partial charge is 0.497 e. The monoisotopic (exact) mass is 371 g/mol. The zero-order valence-corrected chi connectivity index (χ0v) is 14.7. The second kappa shape index (κ2) is 7.29. The first kappa shape index (κ1) is 16.3. The molecule has 1 aromatic heterocycles. The fourth-order valence-electron chi connectivity index (χ4n) is 2.26. The Morgan fingerprint density at radius 1 is 1.48 bits per heavy atom. The molecule has 0 aliphatic heterocycles. The van der Waals surface area contributed by atoms with E-state index in [0.717, 1.165) is 34.4 Å². The number of ether oxygens (including phenoxy) is 1. The Morgan fingerprint density at radius 3 is 2.81 bits per heavy atom. The lowest BCUT2D eigenvalue weighted by atomic mass is 10.0. The van der Waals surface area contributed by atoms with Crippen LogP contribution in [0.1, 0.15) is 30.6 Å². The van der Waals surface area contributed by atoms with Gasteiger partial charge in [-0.25, -0.2) is 0 Å². The van der Waals surface area contributed by atoms with Gasteiger partial charge < -0.3 is 10.1 Å². The van der Waals surface area contributed by atoms with Crippen LogP contribution in [0.3, 0.4) is 0 Å². The molecule has 0 spiro atoms. The highest BCUT2D eigenvalue weighted by molar-refractivity contribution is 9.10. The van der Waals surface area contributed by atoms with Crippen LogP contribution in [-0.2, 0) is 7.05 Å². The van der Waals surface area contributed by atoms with Crippen LogP contribution in [0.2, 0.25) is 5.02 Å². The van der Waals surface area contributed by atoms with E-state index >= 15 is 0 Å². The molecular weight excluding hydrogens is 354 g/mol. The van der Waals surface area contributed by atoms with Gasteiger partial charge >= 0.3 is 0 Å². The van der Waals surface area contributed by atoms with Gasteiger partial charge in [0.1, 0.15) is 5.75 Å². The molecule has 2 rings (SSSR count). The third kappa shape index (κ3) is 3.59. The van der Waals surface area contributed by atoms with E-state index in [0.29, 0.717) is 5.02 Å². The molecule has 1 aromatic carbocycles. The Kier molecular flexibility index (Phi) is 5.67. The van der Waals surface area contributed by atoms with Crippen molar-refractivity contribution in [2.24, 2.45) is 7.05 Å². The van der Waals surface area contributed by atoms with Crippen LogP contribution in [0, 0.1) is 0 Å². The lowest BCUT2D eigenvalue weighted by molar-refractivity contribution is 0.413. The minimum Gasteiger partial charge on any atom is -0.497 e. The van der Waals surface area contributed by atoms with Crippen molar-refractivity contribution in [1.82, 2.24) is 15.1 Å². The Hall–Kier alpha value is -1.04. The molecule has 1 unspecified atom stereocenters. The number of aryl methyl sites for hydroxylation is 1. The number of aromatic nitrogens is 2. The summed E-state index contributed by atoms with van der Waals surface area (Å²) in [7, 11) is 3.56. The van der Waals surface area contributed by atoms with E-state index in [-0.39, 0.29) is 6.04 Å². The van der Waals surface area contributed by atoms with E-state index in [4.69, 9.17) is 16.3 Å². The van der Waals surface area contributed by atoms with E-state index in [2.05, 4.69) is 33.3 Å². The van der Waals surface area contributed by atoms with Crippen LogP contribution >= 0.6 is 27.5 Å². The number of hydrogen-bond donors (Lipinski definition) is 1. The molecule has 1 N–H and O–H groups in total. The summed E-state index contributed by atoms with van der Waals surface area (Å²) in [5, 5.41) is 8.43. The summed E-state index contributed by atoms with van der Waals surface area (Å²) >= 11 is 9.94. The maximum Gasteiger partial charge on any atom is 0.119 e. The zero-order chi connectivity index (χ0) is 15.4. The number of rotatable bonds is 6. The SMILES string of the molecule is CCCNC(c1cc(OC)ccc1Br)c1c(Cl)cnn1C. The van der Waals surface area contributed by atoms with Crippen molar-refractivity contribution in [2.45, 2.75) is 19.4 Å². The topological polar surface area (TPSA) is 39.1 Å². The Labute approximate surface area is 138 Å². The number of benzene rings is 1. The van der Waals surface area contributed by atoms with Gasteiger partial charge in [-0.15, -0.1) is 0 Å². The number of hydrogen-bond acceptors (Lipinski definition) is 3. The normalized spacial score (nSPS) is 12.4. The minimum atomic E-state index is -0.0468. The molecule has 0 radical (unpaired) electrons. The smallest absolute Gasteiger partial charge is 0.119 e. The van der Waals surface area contributed by atoms with E-state index < -0.39 is 0 Å². The number of halogens is 2. The highest BCUT2D eigenvalue weighted by Gasteiger charge is 2.23. The van der Waals surface area contributed by atoms with Gasteiger partial charge in [0.25, 0.3) is 0 Å². The van der Waals surface area contributed by atoms with E-state index in [1.54, 1.807) is 13.3 Å². The summed E-state index contributed by atoms with van der Waals surface area (Å²) in [6.07, 6.45) is 2.71. The molecule has 0 amide bonds. The van der Waals surface area contributed by atoms with Crippen LogP contribution in [0.15, 0.2) is 28.9 Å². The minimum absolute atomic E-state index is 0.0468. The van der Waals surface area contributed by atoms with E-state index in [1.165, 1.54) is 0 Å². The first-order valence-corrected chi connectivity index (χ1v) is 7.99. The van der Waals surface area contributed by atoms with Crippen molar-refractivity contribution in [3.63, 3.8) is 0 Å². The Bertz CT molecular complexity index is 595. The molecule has 1 atom stereocenters. The Morgan fingerprint density at radius 2 is 2.24 bits per heavy atom. The highest BCUT2D eigenvalue weighted by Crippen LogP contribution is 2.34. The third-order valence-electron chi connectivity index (χ3n) is 3.32. The first-order valence-electron chi connectivity index (χ1n) is 6.82. The molecule has 114 valence electrons. The van der Waals surface area contributed by atoms with Gasteiger partial charge in [0.05, 0.1) is 30.1 Å². The van der Waals surface area contributed by atoms with Crippen molar-refractivity contribution in [2.75, 3.05) is 13.7 Å². The van der Waals surface area contributed by atoms with E-state index in [9.17, 15) is 0 Å². The van der Waals surface area contributed by atoms with Crippen LogP contribution < -0.4 is 10.1 Å². The molecule has 6 heteroatoms. The lowest BCUT2D eigenvalue weighted by Gasteiger charge is -2.22. The van der Waals surface area contributed by atoms with Crippen LogP contribution in [0.4, 0.5) is 0 Å². The fraction of sp³-hybridized carbons (Fsp3) is 0.400. The van der Waals surface area contributed by atoms with Gasteiger partial charge in [0.15, 0.2) is 0 Å². The fourth-order valence-corrected chi connectivity index (χ4v) is 3.01. The quantitative estimate of drug-likeness (QED) is 0.835. The summed E-state index contributed by atoms with van der Waals surface area (Å²) in [5.74, 6) is 0.815. The number of nitrogens with zero attached hydrogens (tertiary/aromatic N) is 2. The second-order valence-corrected chi connectivity index (χ2v) is 6.04. The number of nitrogens with one attached hydrogen (secondary N) is 1. The molecule has 2 aromatic rings. The molecule has 21 heavy (non-hydrogen) atoms. The lowest BCUT2D eigenvalue weighted by Crippen LogP contribution is -2.26. The second-order valence-electron chi connectivity index (χ2n) is 4.78. The van der Waals surface area contributed by atoms with Crippen molar-refractivity contribution < 1.29 is 4.74 Å². The zero-order valence-electron chi connectivity index (χ0n) is 12.4. The van der Waals surface area contributed by atoms with Crippen molar-refractivity contribution in [3.05, 3.63) is 45.1 Å². The highest BCUT2D eigenvalue weighted by atomic mass is 79.9. The van der Waals surface area contributed by atoms with Gasteiger partial charge in [-0.2, -0.15) is 5.10 Å². The standard InChI is InChI=1S/C15H19BrClN3O/c1-4-7-18-14(15-13(17)9-19-20(15)2)11-8-10(21-3)5-6-12(11)16/h5-6,8-9,14,18H,4,7H2,1-3H3. The summed E-state index contributed by atoms with van der Waals surface area (Å²) < 4.78 is 8.15. The number of methoxy groups -OCH3 is 1. The summed E-state index contributed by atoms with van der Waals surface area (Å²) in [6, 6.07) is 5.88. The predicted molar refractivity (Wildman–Crippen MR) is 89.0 cm³/mol. The van der Waals surface area contributed by atoms with Crippen molar-refractivity contribution >= 4 is 27.5 Å². The Balaban J connectivity index is 2.50. The van der Waals surface area contributed by atoms with Gasteiger partial charge in [-0.05, 0) is 36.7 Å². The molecule has 0 aliphatic carbocycles. The van der Waals surface area contributed by atoms with Gasteiger partial charge in [-0.1, -0.05) is 34.5 Å². The third-order valence-corrected chi connectivity index (χ3v) is 4.34. The first-order chi connectivity index (χ1) is 10.1. The molecular formula is C15H19BrClN3O. The van der Waals surface area contributed by atoms with E-state index in [1.807, 2.05) is 29.9 Å². The maximum absolute atomic E-state index is 6.32. The molecule has 1 heterocycles. The van der Waals surface area contributed by atoms with Crippen molar-refractivity contribution in [1.29, 1.82) is 0 Å². The summed E-state index contributed by atoms with van der Waals surface area (Å²) in [6.45, 7) is 3.02. The molecule has 0 aliphatic rings. The summed E-state index contributed by atoms with van der Waals surface area (Å²) in [4.78, 5) is 0. The molecule has 0 saturated heterocycles. The predicted octanol–water partition coefficient (Wildman–Crippen LogP) is 3.93. The van der Waals surface area contributed by atoms with Crippen LogP contribution in [0.5, 0.6) is 5.75 Å². The molecule has 0 saturated carbocycles. The average molecular weight is 373 g/mol. The van der Waals surface area contributed by atoms with Gasteiger partial charge in [-0.3, -0.25) is 4.68 Å². The maximum atomic E-state index is 6.32. The van der Waals surface area contributed by atoms with Gasteiger partial charge in [0, 0.05) is 11.5 Å². The molecule has 0 bridgehead atoms. The molecule has 0 fully saturated rings. The van der Waals surface area contributed by atoms with Crippen LogP contribution in [-0.4, -0.2) is 23.4 Å². The molecule has 4 nitrogen and oxygen atoms in total. The summed E-state index contributed by atoms with van der Waals surface area (Å²) in [5.41, 5.74) is 2.02. The van der Waals surface area contributed by atoms with Crippen LogP contribution in [0.25, 0.3) is 0 Å². The van der Waals surface area contributed by atoms with Crippen molar-refractivity contribution in [3.8, 4) is 5.75 Å².